The molecular weight excluding hydrogens is 304 g/mol. The fourth-order valence-corrected chi connectivity index (χ4v) is 3.06. The number of primary amides is 1. The number of phenols is 1. The third kappa shape index (κ3) is 3.51. The van der Waals surface area contributed by atoms with Gasteiger partial charge in [-0.15, -0.1) is 0 Å². The van der Waals surface area contributed by atoms with Crippen LogP contribution in [-0.2, 0) is 11.3 Å². The molecule has 1 amide bonds. The van der Waals surface area contributed by atoms with Crippen LogP contribution in [0.15, 0.2) is 36.4 Å². The molecule has 0 bridgehead atoms. The monoisotopic (exact) mass is 326 g/mol. The van der Waals surface area contributed by atoms with Crippen molar-refractivity contribution in [1.29, 1.82) is 0 Å². The van der Waals surface area contributed by atoms with Gasteiger partial charge in [0.05, 0.1) is 0 Å². The van der Waals surface area contributed by atoms with Crippen LogP contribution in [0, 0.1) is 6.92 Å². The largest absolute Gasteiger partial charge is 0.504 e. The number of nitrogens with zero attached hydrogens (tertiary/aromatic N) is 1. The van der Waals surface area contributed by atoms with Crippen molar-refractivity contribution in [3.63, 3.8) is 0 Å². The maximum atomic E-state index is 11.0. The Morgan fingerprint density at radius 1 is 1.33 bits per heavy atom. The zero-order valence-electron chi connectivity index (χ0n) is 13.8. The van der Waals surface area contributed by atoms with E-state index in [0.29, 0.717) is 38.4 Å². The van der Waals surface area contributed by atoms with Gasteiger partial charge in [0, 0.05) is 31.6 Å². The quantitative estimate of drug-likeness (QED) is 0.905. The van der Waals surface area contributed by atoms with Crippen molar-refractivity contribution >= 4 is 5.91 Å². The average Bonchev–Trinajstić information content (AvgIpc) is 2.75. The first-order valence-corrected chi connectivity index (χ1v) is 8.10. The molecule has 1 heterocycles. The van der Waals surface area contributed by atoms with Gasteiger partial charge in [0.1, 0.15) is 6.61 Å². The fourth-order valence-electron chi connectivity index (χ4n) is 3.06. The van der Waals surface area contributed by atoms with Crippen molar-refractivity contribution in [2.24, 2.45) is 5.73 Å². The van der Waals surface area contributed by atoms with Gasteiger partial charge in [-0.05, 0) is 35.7 Å². The van der Waals surface area contributed by atoms with Crippen molar-refractivity contribution in [2.75, 3.05) is 19.7 Å². The molecule has 0 unspecified atom stereocenters. The summed E-state index contributed by atoms with van der Waals surface area (Å²) in [4.78, 5) is 13.2. The highest BCUT2D eigenvalue weighted by molar-refractivity contribution is 5.74. The van der Waals surface area contributed by atoms with E-state index in [1.54, 1.807) is 6.07 Å². The Bertz CT molecular complexity index is 758. The number of fused-ring (bicyclic) bond motifs is 1. The molecule has 0 aliphatic carbocycles. The van der Waals surface area contributed by atoms with Gasteiger partial charge in [-0.1, -0.05) is 24.3 Å². The summed E-state index contributed by atoms with van der Waals surface area (Å²) < 4.78 is 5.73. The predicted molar refractivity (Wildman–Crippen MR) is 92.9 cm³/mol. The summed E-state index contributed by atoms with van der Waals surface area (Å²) in [7, 11) is 0. The Morgan fingerprint density at radius 2 is 2.12 bits per heavy atom. The molecule has 5 nitrogen and oxygen atoms in total. The van der Waals surface area contributed by atoms with Crippen LogP contribution < -0.4 is 10.5 Å². The number of aromatic hydroxyl groups is 1. The third-order valence-electron chi connectivity index (χ3n) is 4.32. The summed E-state index contributed by atoms with van der Waals surface area (Å²) in [5.74, 6) is 0.383. The second kappa shape index (κ2) is 6.93. The van der Waals surface area contributed by atoms with E-state index in [1.165, 1.54) is 0 Å². The molecule has 2 aromatic carbocycles. The lowest BCUT2D eigenvalue weighted by Gasteiger charge is -2.18. The number of hydrogen-bond donors (Lipinski definition) is 2. The van der Waals surface area contributed by atoms with Crippen LogP contribution in [0.3, 0.4) is 0 Å². The second-order valence-corrected chi connectivity index (χ2v) is 6.14. The van der Waals surface area contributed by atoms with Crippen LogP contribution in [-0.4, -0.2) is 35.6 Å². The van der Waals surface area contributed by atoms with E-state index in [1.807, 2.05) is 31.2 Å². The minimum absolute atomic E-state index is 0.155. The Balaban J connectivity index is 1.93. The van der Waals surface area contributed by atoms with Gasteiger partial charge in [-0.2, -0.15) is 0 Å². The molecule has 0 radical (unpaired) electrons. The molecule has 126 valence electrons. The lowest BCUT2D eigenvalue weighted by molar-refractivity contribution is -0.118. The van der Waals surface area contributed by atoms with Crippen LogP contribution in [0.25, 0.3) is 11.1 Å². The zero-order chi connectivity index (χ0) is 17.1. The molecule has 0 saturated heterocycles. The number of aryl methyl sites for hydroxylation is 1. The number of amides is 1. The summed E-state index contributed by atoms with van der Waals surface area (Å²) in [5.41, 5.74) is 9.37. The molecular formula is C19H22N2O3. The molecule has 0 atom stereocenters. The molecule has 0 aromatic heterocycles. The number of phenolic OH excluding ortho intramolecular Hbond substituents is 1. The van der Waals surface area contributed by atoms with Crippen molar-refractivity contribution in [1.82, 2.24) is 4.90 Å². The maximum Gasteiger partial charge on any atom is 0.218 e. The summed E-state index contributed by atoms with van der Waals surface area (Å²) in [6.07, 6.45) is 0.318. The Hall–Kier alpha value is -2.53. The molecule has 5 heteroatoms. The highest BCUT2D eigenvalue weighted by Crippen LogP contribution is 2.38. The number of ether oxygens (including phenoxy) is 1. The first-order chi connectivity index (χ1) is 11.5. The Morgan fingerprint density at radius 3 is 2.88 bits per heavy atom. The van der Waals surface area contributed by atoms with E-state index in [-0.39, 0.29) is 11.7 Å². The normalized spacial score (nSPS) is 14.5. The number of rotatable bonds is 4. The maximum absolute atomic E-state index is 11.0. The van der Waals surface area contributed by atoms with Gasteiger partial charge >= 0.3 is 0 Å². The van der Waals surface area contributed by atoms with Crippen LogP contribution in [0.4, 0.5) is 0 Å². The second-order valence-electron chi connectivity index (χ2n) is 6.14. The molecule has 3 rings (SSSR count). The van der Waals surface area contributed by atoms with Crippen LogP contribution in [0.5, 0.6) is 11.5 Å². The minimum atomic E-state index is -0.308. The summed E-state index contributed by atoms with van der Waals surface area (Å²) in [5, 5.41) is 10.4. The molecule has 24 heavy (non-hydrogen) atoms. The third-order valence-corrected chi connectivity index (χ3v) is 4.32. The van der Waals surface area contributed by atoms with E-state index >= 15 is 0 Å². The smallest absolute Gasteiger partial charge is 0.218 e. The van der Waals surface area contributed by atoms with E-state index in [0.717, 1.165) is 22.3 Å². The molecule has 1 aliphatic rings. The number of nitrogens with two attached hydrogens (primary N) is 1. The number of hydrogen-bond acceptors (Lipinski definition) is 4. The molecule has 1 aliphatic heterocycles. The molecule has 3 N–H and O–H groups in total. The van der Waals surface area contributed by atoms with Crippen LogP contribution in [0.2, 0.25) is 0 Å². The Labute approximate surface area is 141 Å². The first kappa shape index (κ1) is 16.3. The highest BCUT2D eigenvalue weighted by Gasteiger charge is 2.20. The molecule has 0 spiro atoms. The van der Waals surface area contributed by atoms with Crippen molar-refractivity contribution in [3.8, 4) is 22.6 Å². The van der Waals surface area contributed by atoms with E-state index in [4.69, 9.17) is 10.5 Å². The molecule has 0 saturated carbocycles. The predicted octanol–water partition coefficient (Wildman–Crippen LogP) is 2.44. The summed E-state index contributed by atoms with van der Waals surface area (Å²) >= 11 is 0. The highest BCUT2D eigenvalue weighted by atomic mass is 16.5. The summed E-state index contributed by atoms with van der Waals surface area (Å²) in [6.45, 7) is 4.43. The molecule has 2 aromatic rings. The van der Waals surface area contributed by atoms with Crippen molar-refractivity contribution < 1.29 is 14.6 Å². The van der Waals surface area contributed by atoms with E-state index in [2.05, 4.69) is 11.0 Å². The van der Waals surface area contributed by atoms with Gasteiger partial charge in [-0.25, -0.2) is 0 Å². The topological polar surface area (TPSA) is 75.8 Å². The molecule has 0 fully saturated rings. The first-order valence-electron chi connectivity index (χ1n) is 8.10. The van der Waals surface area contributed by atoms with Crippen LogP contribution in [0.1, 0.15) is 17.5 Å². The van der Waals surface area contributed by atoms with Crippen molar-refractivity contribution in [2.45, 2.75) is 19.9 Å². The lowest BCUT2D eigenvalue weighted by atomic mass is 9.98. The minimum Gasteiger partial charge on any atom is -0.504 e. The average molecular weight is 326 g/mol. The van der Waals surface area contributed by atoms with Gasteiger partial charge in [0.15, 0.2) is 11.5 Å². The van der Waals surface area contributed by atoms with Gasteiger partial charge in [0.25, 0.3) is 0 Å². The SMILES string of the molecule is Cc1ccccc1-c1cc(O)c2c(c1)CN(CCC(N)=O)CCO2. The van der Waals surface area contributed by atoms with Crippen LogP contribution >= 0.6 is 0 Å². The lowest BCUT2D eigenvalue weighted by Crippen LogP contribution is -2.29. The van der Waals surface area contributed by atoms with Gasteiger partial charge in [-0.3, -0.25) is 9.69 Å². The number of carbonyl (C=O) groups excluding carboxylic acids is 1. The van der Waals surface area contributed by atoms with Gasteiger partial charge in [0.2, 0.25) is 5.91 Å². The number of benzene rings is 2. The van der Waals surface area contributed by atoms with E-state index < -0.39 is 0 Å². The van der Waals surface area contributed by atoms with E-state index in [9.17, 15) is 9.90 Å². The zero-order valence-corrected chi connectivity index (χ0v) is 13.8. The standard InChI is InChI=1S/C19H22N2O3/c1-13-4-2-3-5-16(13)14-10-15-12-21(7-6-18(20)23)8-9-24-19(15)17(22)11-14/h2-5,10-11,22H,6-9,12H2,1H3,(H2,20,23). The number of carbonyl (C=O) groups is 1. The fraction of sp³-hybridized carbons (Fsp3) is 0.316. The van der Waals surface area contributed by atoms with Gasteiger partial charge < -0.3 is 15.6 Å². The Kier molecular flexibility index (Phi) is 4.71. The van der Waals surface area contributed by atoms with Crippen molar-refractivity contribution in [3.05, 3.63) is 47.5 Å². The summed E-state index contributed by atoms with van der Waals surface area (Å²) in [6, 6.07) is 11.9.